The summed E-state index contributed by atoms with van der Waals surface area (Å²) in [6.07, 6.45) is -5.93. The van der Waals surface area contributed by atoms with E-state index in [4.69, 9.17) is 4.74 Å². The molecule has 2 aromatic rings. The third-order valence-electron chi connectivity index (χ3n) is 4.36. The van der Waals surface area contributed by atoms with Crippen LogP contribution in [0.1, 0.15) is 19.4 Å². The van der Waals surface area contributed by atoms with Crippen LogP contribution in [0.15, 0.2) is 29.1 Å². The van der Waals surface area contributed by atoms with Crippen molar-refractivity contribution >= 4 is 16.9 Å². The molecule has 0 saturated heterocycles. The van der Waals surface area contributed by atoms with Crippen molar-refractivity contribution in [3.8, 4) is 5.75 Å². The normalized spacial score (nSPS) is 17.3. The number of aromatic nitrogens is 1. The van der Waals surface area contributed by atoms with E-state index >= 15 is 0 Å². The van der Waals surface area contributed by atoms with Gasteiger partial charge in [-0.25, -0.2) is 4.79 Å². The first-order valence-corrected chi connectivity index (χ1v) is 7.60. The van der Waals surface area contributed by atoms with Gasteiger partial charge >= 0.3 is 12.1 Å². The number of rotatable bonds is 2. The molecule has 2 heterocycles. The van der Waals surface area contributed by atoms with Crippen molar-refractivity contribution < 1.29 is 27.4 Å². The monoisotopic (exact) mass is 355 g/mol. The SMILES string of the molecule is Cn1c(=O)c2c(c3ccccc31)OC(C(C)(C)OC(=O)C(F)(F)F)C2. The van der Waals surface area contributed by atoms with Gasteiger partial charge in [0.1, 0.15) is 17.5 Å². The van der Waals surface area contributed by atoms with Crippen LogP contribution in [0.3, 0.4) is 0 Å². The summed E-state index contributed by atoms with van der Waals surface area (Å²) in [5.41, 5.74) is -0.828. The van der Waals surface area contributed by atoms with Gasteiger partial charge in [0, 0.05) is 18.9 Å². The predicted molar refractivity (Wildman–Crippen MR) is 83.5 cm³/mol. The first-order chi connectivity index (χ1) is 11.5. The zero-order valence-electron chi connectivity index (χ0n) is 13.8. The Morgan fingerprint density at radius 1 is 1.28 bits per heavy atom. The van der Waals surface area contributed by atoms with Gasteiger partial charge in [-0.3, -0.25) is 4.79 Å². The van der Waals surface area contributed by atoms with Gasteiger partial charge in [0.2, 0.25) is 0 Å². The Bertz CT molecular complexity index is 914. The van der Waals surface area contributed by atoms with Gasteiger partial charge in [0.25, 0.3) is 5.56 Å². The number of carbonyl (C=O) groups excluding carboxylic acids is 1. The molecule has 8 heteroatoms. The van der Waals surface area contributed by atoms with Crippen LogP contribution < -0.4 is 10.3 Å². The maximum absolute atomic E-state index is 12.5. The topological polar surface area (TPSA) is 57.5 Å². The van der Waals surface area contributed by atoms with E-state index in [9.17, 15) is 22.8 Å². The lowest BCUT2D eigenvalue weighted by Crippen LogP contribution is -2.46. The Morgan fingerprint density at radius 3 is 2.56 bits per heavy atom. The van der Waals surface area contributed by atoms with Gasteiger partial charge in [0.05, 0.1) is 11.1 Å². The number of benzene rings is 1. The van der Waals surface area contributed by atoms with E-state index in [1.165, 1.54) is 18.4 Å². The van der Waals surface area contributed by atoms with Crippen LogP contribution in [-0.2, 0) is 23.0 Å². The minimum absolute atomic E-state index is 0.0605. The molecule has 0 fully saturated rings. The summed E-state index contributed by atoms with van der Waals surface area (Å²) in [4.78, 5) is 23.7. The van der Waals surface area contributed by atoms with Crippen molar-refractivity contribution in [2.45, 2.75) is 38.1 Å². The number of carbonyl (C=O) groups is 1. The third-order valence-corrected chi connectivity index (χ3v) is 4.36. The number of aryl methyl sites for hydroxylation is 1. The maximum atomic E-state index is 12.5. The highest BCUT2D eigenvalue weighted by Gasteiger charge is 2.48. The molecule has 0 bridgehead atoms. The number of hydrogen-bond acceptors (Lipinski definition) is 4. The molecule has 0 aliphatic carbocycles. The summed E-state index contributed by atoms with van der Waals surface area (Å²) in [7, 11) is 1.62. The van der Waals surface area contributed by atoms with E-state index in [-0.39, 0.29) is 12.0 Å². The summed E-state index contributed by atoms with van der Waals surface area (Å²) < 4.78 is 49.3. The summed E-state index contributed by atoms with van der Waals surface area (Å²) in [5.74, 6) is -1.95. The van der Waals surface area contributed by atoms with Crippen LogP contribution in [0.25, 0.3) is 10.9 Å². The molecule has 0 saturated carbocycles. The molecule has 5 nitrogen and oxygen atoms in total. The molecule has 3 rings (SSSR count). The second-order valence-electron chi connectivity index (χ2n) is 6.49. The molecular formula is C17H16F3NO4. The van der Waals surface area contributed by atoms with E-state index in [1.54, 1.807) is 31.3 Å². The quantitative estimate of drug-likeness (QED) is 0.778. The number of halogens is 3. The zero-order chi connectivity index (χ0) is 18.6. The number of hydrogen-bond donors (Lipinski definition) is 0. The van der Waals surface area contributed by atoms with Crippen molar-refractivity contribution in [1.82, 2.24) is 4.57 Å². The molecule has 25 heavy (non-hydrogen) atoms. The van der Waals surface area contributed by atoms with Crippen molar-refractivity contribution in [2.24, 2.45) is 7.05 Å². The van der Waals surface area contributed by atoms with Crippen molar-refractivity contribution in [3.63, 3.8) is 0 Å². The van der Waals surface area contributed by atoms with Gasteiger partial charge in [-0.05, 0) is 26.0 Å². The molecular weight excluding hydrogens is 339 g/mol. The number of fused-ring (bicyclic) bond motifs is 3. The second kappa shape index (κ2) is 5.50. The van der Waals surface area contributed by atoms with Crippen LogP contribution in [0.2, 0.25) is 0 Å². The molecule has 1 atom stereocenters. The average molecular weight is 355 g/mol. The molecule has 0 radical (unpaired) electrons. The van der Waals surface area contributed by atoms with Gasteiger partial charge in [0.15, 0.2) is 0 Å². The number of ether oxygens (including phenoxy) is 2. The van der Waals surface area contributed by atoms with Crippen molar-refractivity contribution in [1.29, 1.82) is 0 Å². The number of esters is 1. The molecule has 1 aromatic heterocycles. The number of pyridine rings is 1. The highest BCUT2D eigenvalue weighted by molar-refractivity contribution is 5.87. The van der Waals surface area contributed by atoms with Crippen molar-refractivity contribution in [3.05, 3.63) is 40.2 Å². The molecule has 0 spiro atoms. The summed E-state index contributed by atoms with van der Waals surface area (Å²) in [6, 6.07) is 7.07. The maximum Gasteiger partial charge on any atom is 0.490 e. The number of alkyl halides is 3. The summed E-state index contributed by atoms with van der Waals surface area (Å²) in [6.45, 7) is 2.67. The van der Waals surface area contributed by atoms with Gasteiger partial charge < -0.3 is 14.0 Å². The Labute approximate surface area is 141 Å². The Balaban J connectivity index is 1.99. The molecule has 0 N–H and O–H groups in total. The minimum atomic E-state index is -5.09. The largest absolute Gasteiger partial charge is 0.490 e. The second-order valence-corrected chi connectivity index (χ2v) is 6.49. The zero-order valence-corrected chi connectivity index (χ0v) is 13.8. The predicted octanol–water partition coefficient (Wildman–Crippen LogP) is 2.73. The van der Waals surface area contributed by atoms with E-state index in [2.05, 4.69) is 4.74 Å². The smallest absolute Gasteiger partial charge is 0.485 e. The minimum Gasteiger partial charge on any atom is -0.485 e. The van der Waals surface area contributed by atoms with Crippen LogP contribution in [0.5, 0.6) is 5.75 Å². The lowest BCUT2D eigenvalue weighted by Gasteiger charge is -2.30. The van der Waals surface area contributed by atoms with Gasteiger partial charge in [-0.2, -0.15) is 13.2 Å². The Kier molecular flexibility index (Phi) is 3.81. The summed E-state index contributed by atoms with van der Waals surface area (Å²) >= 11 is 0. The lowest BCUT2D eigenvalue weighted by atomic mass is 9.97. The molecule has 134 valence electrons. The Morgan fingerprint density at radius 2 is 1.92 bits per heavy atom. The first-order valence-electron chi connectivity index (χ1n) is 7.60. The fraction of sp³-hybridized carbons (Fsp3) is 0.412. The molecule has 1 aliphatic heterocycles. The highest BCUT2D eigenvalue weighted by Crippen LogP contribution is 2.38. The fourth-order valence-electron chi connectivity index (χ4n) is 2.96. The summed E-state index contributed by atoms with van der Waals surface area (Å²) in [5, 5.41) is 0.681. The van der Waals surface area contributed by atoms with Gasteiger partial charge in [-0.1, -0.05) is 12.1 Å². The highest BCUT2D eigenvalue weighted by atomic mass is 19.4. The van der Waals surface area contributed by atoms with Gasteiger partial charge in [-0.15, -0.1) is 0 Å². The van der Waals surface area contributed by atoms with Crippen LogP contribution in [0, 0.1) is 0 Å². The van der Waals surface area contributed by atoms with E-state index < -0.39 is 23.9 Å². The van der Waals surface area contributed by atoms with E-state index in [1.807, 2.05) is 0 Å². The fourth-order valence-corrected chi connectivity index (χ4v) is 2.96. The van der Waals surface area contributed by atoms with Crippen LogP contribution in [-0.4, -0.2) is 28.4 Å². The number of nitrogens with zero attached hydrogens (tertiary/aromatic N) is 1. The van der Waals surface area contributed by atoms with Crippen LogP contribution >= 0.6 is 0 Å². The first kappa shape index (κ1) is 17.3. The average Bonchev–Trinajstić information content (AvgIpc) is 2.98. The molecule has 0 amide bonds. The standard InChI is InChI=1S/C17H16F3NO4/c1-16(2,25-15(23)17(18,19)20)12-8-10-13(24-12)9-6-4-5-7-11(9)21(3)14(10)22/h4-7,12H,8H2,1-3H3. The lowest BCUT2D eigenvalue weighted by molar-refractivity contribution is -0.217. The molecule has 1 unspecified atom stereocenters. The third kappa shape index (κ3) is 2.85. The Hall–Kier alpha value is -2.51. The van der Waals surface area contributed by atoms with Crippen LogP contribution in [0.4, 0.5) is 13.2 Å². The van der Waals surface area contributed by atoms with E-state index in [0.717, 1.165) is 0 Å². The van der Waals surface area contributed by atoms with Crippen molar-refractivity contribution in [2.75, 3.05) is 0 Å². The number of para-hydroxylation sites is 1. The molecule has 1 aromatic carbocycles. The molecule has 1 aliphatic rings. The van der Waals surface area contributed by atoms with E-state index in [0.29, 0.717) is 22.2 Å².